The van der Waals surface area contributed by atoms with Gasteiger partial charge in [0.1, 0.15) is 0 Å². The zero-order chi connectivity index (χ0) is 13.7. The minimum atomic E-state index is 0.317. The molecule has 0 spiro atoms. The van der Waals surface area contributed by atoms with Crippen LogP contribution in [0.1, 0.15) is 50.8 Å². The SMILES string of the molecule is CCCc1ccc(C(NCC)C2OCCC2C)cc1. The van der Waals surface area contributed by atoms with Crippen LogP contribution in [0.25, 0.3) is 0 Å². The van der Waals surface area contributed by atoms with Crippen molar-refractivity contribution in [2.24, 2.45) is 5.92 Å². The van der Waals surface area contributed by atoms with Gasteiger partial charge in [-0.1, -0.05) is 51.5 Å². The summed E-state index contributed by atoms with van der Waals surface area (Å²) in [5.41, 5.74) is 2.79. The summed E-state index contributed by atoms with van der Waals surface area (Å²) in [6.07, 6.45) is 3.87. The van der Waals surface area contributed by atoms with E-state index >= 15 is 0 Å². The van der Waals surface area contributed by atoms with E-state index in [4.69, 9.17) is 4.74 Å². The van der Waals surface area contributed by atoms with Crippen LogP contribution >= 0.6 is 0 Å². The minimum absolute atomic E-state index is 0.317. The Hall–Kier alpha value is -0.860. The first kappa shape index (κ1) is 14.5. The molecule has 0 radical (unpaired) electrons. The predicted octanol–water partition coefficient (Wildman–Crippen LogP) is 3.71. The Bertz CT molecular complexity index is 373. The van der Waals surface area contributed by atoms with Crippen LogP contribution in [0.4, 0.5) is 0 Å². The predicted molar refractivity (Wildman–Crippen MR) is 80.4 cm³/mol. The maximum absolute atomic E-state index is 5.95. The van der Waals surface area contributed by atoms with E-state index in [0.717, 1.165) is 13.2 Å². The molecule has 2 heteroatoms. The summed E-state index contributed by atoms with van der Waals surface area (Å²) in [6, 6.07) is 9.41. The van der Waals surface area contributed by atoms with Crippen LogP contribution in [0.5, 0.6) is 0 Å². The molecule has 1 N–H and O–H groups in total. The van der Waals surface area contributed by atoms with E-state index in [1.807, 2.05) is 0 Å². The molecule has 0 aromatic heterocycles. The van der Waals surface area contributed by atoms with Crippen LogP contribution in [0, 0.1) is 5.92 Å². The fourth-order valence-electron chi connectivity index (χ4n) is 2.97. The summed E-state index contributed by atoms with van der Waals surface area (Å²) >= 11 is 0. The summed E-state index contributed by atoms with van der Waals surface area (Å²) in [5.74, 6) is 0.638. The highest BCUT2D eigenvalue weighted by molar-refractivity contribution is 5.26. The molecule has 1 saturated heterocycles. The molecule has 1 fully saturated rings. The van der Waals surface area contributed by atoms with Gasteiger partial charge in [-0.3, -0.25) is 0 Å². The molecule has 0 bridgehead atoms. The Kier molecular flexibility index (Phi) is 5.41. The average molecular weight is 261 g/mol. The smallest absolute Gasteiger partial charge is 0.0795 e. The van der Waals surface area contributed by atoms with Gasteiger partial charge in [-0.25, -0.2) is 0 Å². The Morgan fingerprint density at radius 1 is 1.26 bits per heavy atom. The lowest BCUT2D eigenvalue weighted by Gasteiger charge is -2.27. The maximum Gasteiger partial charge on any atom is 0.0795 e. The molecule has 1 aliphatic rings. The van der Waals surface area contributed by atoms with Crippen molar-refractivity contribution < 1.29 is 4.74 Å². The van der Waals surface area contributed by atoms with Crippen molar-refractivity contribution in [3.63, 3.8) is 0 Å². The van der Waals surface area contributed by atoms with Gasteiger partial charge >= 0.3 is 0 Å². The normalized spacial score (nSPS) is 24.6. The van der Waals surface area contributed by atoms with Crippen LogP contribution in [0.2, 0.25) is 0 Å². The quantitative estimate of drug-likeness (QED) is 0.843. The lowest BCUT2D eigenvalue weighted by molar-refractivity contribution is 0.0612. The van der Waals surface area contributed by atoms with Gasteiger partial charge in [0.2, 0.25) is 0 Å². The zero-order valence-electron chi connectivity index (χ0n) is 12.5. The fourth-order valence-corrected chi connectivity index (χ4v) is 2.97. The standard InChI is InChI=1S/C17H27NO/c1-4-6-14-7-9-15(10-8-14)16(18-5-2)17-13(3)11-12-19-17/h7-10,13,16-18H,4-6,11-12H2,1-3H3. The second-order valence-corrected chi connectivity index (χ2v) is 5.63. The number of ether oxygens (including phenoxy) is 1. The van der Waals surface area contributed by atoms with Gasteiger partial charge in [0, 0.05) is 6.61 Å². The first-order valence-corrected chi connectivity index (χ1v) is 7.70. The van der Waals surface area contributed by atoms with Crippen LogP contribution < -0.4 is 5.32 Å². The maximum atomic E-state index is 5.95. The molecule has 3 unspecified atom stereocenters. The summed E-state index contributed by atoms with van der Waals surface area (Å²) in [6.45, 7) is 8.57. The number of hydrogen-bond donors (Lipinski definition) is 1. The number of likely N-dealkylation sites (N-methyl/N-ethyl adjacent to an activating group) is 1. The molecule has 2 rings (SSSR count). The zero-order valence-corrected chi connectivity index (χ0v) is 12.5. The van der Waals surface area contributed by atoms with E-state index in [-0.39, 0.29) is 0 Å². The second-order valence-electron chi connectivity index (χ2n) is 5.63. The Balaban J connectivity index is 2.13. The highest BCUT2D eigenvalue weighted by Gasteiger charge is 2.32. The van der Waals surface area contributed by atoms with Crippen molar-refractivity contribution in [2.45, 2.75) is 52.2 Å². The van der Waals surface area contributed by atoms with Gasteiger partial charge in [-0.2, -0.15) is 0 Å². The lowest BCUT2D eigenvalue weighted by Crippen LogP contribution is -2.34. The van der Waals surface area contributed by atoms with Crippen molar-refractivity contribution in [1.82, 2.24) is 5.32 Å². The van der Waals surface area contributed by atoms with Gasteiger partial charge in [-0.05, 0) is 36.4 Å². The van der Waals surface area contributed by atoms with E-state index in [1.165, 1.54) is 30.4 Å². The van der Waals surface area contributed by atoms with Crippen LogP contribution in [0.3, 0.4) is 0 Å². The first-order chi connectivity index (χ1) is 9.26. The third kappa shape index (κ3) is 3.58. The summed E-state index contributed by atoms with van der Waals surface area (Å²) in [7, 11) is 0. The molecule has 1 aliphatic heterocycles. The number of aryl methyl sites for hydroxylation is 1. The van der Waals surface area contributed by atoms with Gasteiger partial charge in [0.15, 0.2) is 0 Å². The second kappa shape index (κ2) is 7.06. The van der Waals surface area contributed by atoms with Crippen LogP contribution in [-0.2, 0) is 11.2 Å². The Morgan fingerprint density at radius 3 is 2.53 bits per heavy atom. The molecule has 1 aromatic carbocycles. The van der Waals surface area contributed by atoms with Gasteiger partial charge < -0.3 is 10.1 Å². The van der Waals surface area contributed by atoms with Crippen LogP contribution in [-0.4, -0.2) is 19.3 Å². The largest absolute Gasteiger partial charge is 0.376 e. The monoisotopic (exact) mass is 261 g/mol. The summed E-state index contributed by atoms with van der Waals surface area (Å²) in [4.78, 5) is 0. The molecule has 2 nitrogen and oxygen atoms in total. The molecule has 1 heterocycles. The van der Waals surface area contributed by atoms with Crippen molar-refractivity contribution in [3.8, 4) is 0 Å². The number of hydrogen-bond acceptors (Lipinski definition) is 2. The topological polar surface area (TPSA) is 21.3 Å². The Labute approximate surface area is 117 Å². The third-order valence-electron chi connectivity index (χ3n) is 4.07. The van der Waals surface area contributed by atoms with E-state index in [2.05, 4.69) is 50.4 Å². The molecule has 0 amide bonds. The van der Waals surface area contributed by atoms with Crippen molar-refractivity contribution >= 4 is 0 Å². The number of rotatable bonds is 6. The molecular formula is C17H27NO. The molecule has 1 aromatic rings. The lowest BCUT2D eigenvalue weighted by atomic mass is 9.91. The number of benzene rings is 1. The summed E-state index contributed by atoms with van der Waals surface area (Å²) < 4.78 is 5.95. The third-order valence-corrected chi connectivity index (χ3v) is 4.07. The van der Waals surface area contributed by atoms with Crippen LogP contribution in [0.15, 0.2) is 24.3 Å². The molecular weight excluding hydrogens is 234 g/mol. The fraction of sp³-hybridized carbons (Fsp3) is 0.647. The van der Waals surface area contributed by atoms with Crippen molar-refractivity contribution in [2.75, 3.05) is 13.2 Å². The summed E-state index contributed by atoms with van der Waals surface area (Å²) in [5, 5.41) is 3.60. The van der Waals surface area contributed by atoms with Gasteiger partial charge in [0.05, 0.1) is 12.1 Å². The van der Waals surface area contributed by atoms with Crippen molar-refractivity contribution in [3.05, 3.63) is 35.4 Å². The average Bonchev–Trinajstić information content (AvgIpc) is 2.84. The number of nitrogens with one attached hydrogen (secondary N) is 1. The highest BCUT2D eigenvalue weighted by atomic mass is 16.5. The Morgan fingerprint density at radius 2 is 2.00 bits per heavy atom. The van der Waals surface area contributed by atoms with Gasteiger partial charge in [-0.15, -0.1) is 0 Å². The van der Waals surface area contributed by atoms with E-state index < -0.39 is 0 Å². The molecule has 106 valence electrons. The molecule has 0 saturated carbocycles. The van der Waals surface area contributed by atoms with E-state index in [9.17, 15) is 0 Å². The van der Waals surface area contributed by atoms with Gasteiger partial charge in [0.25, 0.3) is 0 Å². The van der Waals surface area contributed by atoms with Crippen molar-refractivity contribution in [1.29, 1.82) is 0 Å². The first-order valence-electron chi connectivity index (χ1n) is 7.70. The van der Waals surface area contributed by atoms with E-state index in [1.54, 1.807) is 0 Å². The molecule has 19 heavy (non-hydrogen) atoms. The highest BCUT2D eigenvalue weighted by Crippen LogP contribution is 2.31. The molecule has 0 aliphatic carbocycles. The minimum Gasteiger partial charge on any atom is -0.376 e. The van der Waals surface area contributed by atoms with E-state index in [0.29, 0.717) is 18.1 Å². The molecule has 3 atom stereocenters.